The first-order valence-electron chi connectivity index (χ1n) is 6.67. The SMILES string of the molecule is CC1CCN(C2(CN)CCSC2C)CC1C. The molecule has 4 unspecified atom stereocenters. The number of hydrogen-bond donors (Lipinski definition) is 1. The summed E-state index contributed by atoms with van der Waals surface area (Å²) in [7, 11) is 0. The van der Waals surface area contributed by atoms with Crippen molar-refractivity contribution in [3.05, 3.63) is 0 Å². The molecule has 2 aliphatic heterocycles. The van der Waals surface area contributed by atoms with E-state index in [-0.39, 0.29) is 0 Å². The third-order valence-corrected chi connectivity index (χ3v) is 6.36. The number of nitrogens with zero attached hydrogens (tertiary/aromatic N) is 1. The van der Waals surface area contributed by atoms with Crippen molar-refractivity contribution in [2.24, 2.45) is 17.6 Å². The molecule has 0 bridgehead atoms. The number of hydrogen-bond acceptors (Lipinski definition) is 3. The molecular weight excluding hydrogens is 216 g/mol. The maximum absolute atomic E-state index is 6.12. The normalized spacial score (nSPS) is 46.1. The Hall–Kier alpha value is 0.270. The molecule has 4 atom stereocenters. The van der Waals surface area contributed by atoms with Gasteiger partial charge in [-0.1, -0.05) is 20.8 Å². The number of rotatable bonds is 2. The second-order valence-corrected chi connectivity index (χ2v) is 7.21. The van der Waals surface area contributed by atoms with Crippen LogP contribution in [0.4, 0.5) is 0 Å². The van der Waals surface area contributed by atoms with Crippen LogP contribution in [0.2, 0.25) is 0 Å². The number of likely N-dealkylation sites (tertiary alicyclic amines) is 1. The van der Waals surface area contributed by atoms with Gasteiger partial charge in [-0.3, -0.25) is 4.90 Å². The lowest BCUT2D eigenvalue weighted by Crippen LogP contribution is -2.60. The highest BCUT2D eigenvalue weighted by molar-refractivity contribution is 8.00. The minimum Gasteiger partial charge on any atom is -0.329 e. The van der Waals surface area contributed by atoms with Crippen LogP contribution in [0.5, 0.6) is 0 Å². The van der Waals surface area contributed by atoms with E-state index in [1.807, 2.05) is 0 Å². The number of nitrogens with two attached hydrogens (primary N) is 1. The van der Waals surface area contributed by atoms with Crippen LogP contribution >= 0.6 is 11.8 Å². The first-order chi connectivity index (χ1) is 7.60. The van der Waals surface area contributed by atoms with E-state index in [0.717, 1.165) is 18.4 Å². The Balaban J connectivity index is 2.10. The number of piperidine rings is 1. The zero-order chi connectivity index (χ0) is 11.8. The average molecular weight is 242 g/mol. The third kappa shape index (κ3) is 2.02. The third-order valence-electron chi connectivity index (χ3n) is 4.98. The molecule has 2 N–H and O–H groups in total. The summed E-state index contributed by atoms with van der Waals surface area (Å²) < 4.78 is 0. The molecule has 2 nitrogen and oxygen atoms in total. The molecule has 2 saturated heterocycles. The fourth-order valence-electron chi connectivity index (χ4n) is 3.25. The highest BCUT2D eigenvalue weighted by Crippen LogP contribution is 2.41. The van der Waals surface area contributed by atoms with E-state index in [0.29, 0.717) is 10.8 Å². The lowest BCUT2D eigenvalue weighted by atomic mass is 9.82. The zero-order valence-electron chi connectivity index (χ0n) is 10.9. The van der Waals surface area contributed by atoms with Gasteiger partial charge in [0.05, 0.1) is 0 Å². The topological polar surface area (TPSA) is 29.3 Å². The van der Waals surface area contributed by atoms with Gasteiger partial charge in [-0.25, -0.2) is 0 Å². The monoisotopic (exact) mass is 242 g/mol. The molecule has 0 amide bonds. The summed E-state index contributed by atoms with van der Waals surface area (Å²) >= 11 is 2.10. The smallest absolute Gasteiger partial charge is 0.0455 e. The number of thioether (sulfide) groups is 1. The van der Waals surface area contributed by atoms with Crippen molar-refractivity contribution in [3.8, 4) is 0 Å². The molecule has 16 heavy (non-hydrogen) atoms. The summed E-state index contributed by atoms with van der Waals surface area (Å²) in [6, 6.07) is 0. The van der Waals surface area contributed by atoms with Gasteiger partial charge in [0.1, 0.15) is 0 Å². The summed E-state index contributed by atoms with van der Waals surface area (Å²) in [5.74, 6) is 3.00. The van der Waals surface area contributed by atoms with E-state index >= 15 is 0 Å². The van der Waals surface area contributed by atoms with Crippen LogP contribution in [0.3, 0.4) is 0 Å². The van der Waals surface area contributed by atoms with Gasteiger partial charge in [-0.2, -0.15) is 11.8 Å². The molecule has 0 aromatic carbocycles. The summed E-state index contributed by atoms with van der Waals surface area (Å²) in [5.41, 5.74) is 6.42. The summed E-state index contributed by atoms with van der Waals surface area (Å²) in [6.07, 6.45) is 2.64. The van der Waals surface area contributed by atoms with Gasteiger partial charge in [0.25, 0.3) is 0 Å². The highest BCUT2D eigenvalue weighted by atomic mass is 32.2. The highest BCUT2D eigenvalue weighted by Gasteiger charge is 2.46. The maximum atomic E-state index is 6.12. The van der Waals surface area contributed by atoms with Crippen molar-refractivity contribution in [3.63, 3.8) is 0 Å². The van der Waals surface area contributed by atoms with Gasteiger partial charge in [0.2, 0.25) is 0 Å². The fraction of sp³-hybridized carbons (Fsp3) is 1.00. The summed E-state index contributed by atoms with van der Waals surface area (Å²) in [4.78, 5) is 2.71. The molecule has 2 heterocycles. The molecule has 2 fully saturated rings. The second-order valence-electron chi connectivity index (χ2n) is 5.76. The quantitative estimate of drug-likeness (QED) is 0.805. The van der Waals surface area contributed by atoms with E-state index in [1.54, 1.807) is 0 Å². The van der Waals surface area contributed by atoms with Crippen molar-refractivity contribution in [1.29, 1.82) is 0 Å². The fourth-order valence-corrected chi connectivity index (χ4v) is 4.75. The summed E-state index contributed by atoms with van der Waals surface area (Å²) in [5, 5.41) is 0.707. The predicted octanol–water partition coefficient (Wildman–Crippen LogP) is 2.19. The minimum absolute atomic E-state index is 0.305. The molecule has 0 aromatic heterocycles. The van der Waals surface area contributed by atoms with Crippen molar-refractivity contribution in [2.75, 3.05) is 25.4 Å². The van der Waals surface area contributed by atoms with E-state index < -0.39 is 0 Å². The Morgan fingerprint density at radius 2 is 2.06 bits per heavy atom. The van der Waals surface area contributed by atoms with E-state index in [1.165, 1.54) is 31.7 Å². The molecule has 2 aliphatic rings. The molecule has 0 aromatic rings. The van der Waals surface area contributed by atoms with E-state index in [2.05, 4.69) is 37.4 Å². The van der Waals surface area contributed by atoms with Gasteiger partial charge in [-0.05, 0) is 37.0 Å². The Kier molecular flexibility index (Phi) is 3.87. The van der Waals surface area contributed by atoms with Crippen molar-refractivity contribution in [2.45, 2.75) is 44.4 Å². The van der Waals surface area contributed by atoms with Crippen LogP contribution in [0.15, 0.2) is 0 Å². The second kappa shape index (κ2) is 4.87. The van der Waals surface area contributed by atoms with Crippen LogP contribution in [0.1, 0.15) is 33.6 Å². The molecular formula is C13H26N2S. The average Bonchev–Trinajstić information content (AvgIpc) is 2.65. The van der Waals surface area contributed by atoms with Crippen molar-refractivity contribution < 1.29 is 0 Å². The zero-order valence-corrected chi connectivity index (χ0v) is 11.7. The molecule has 0 saturated carbocycles. The lowest BCUT2D eigenvalue weighted by Gasteiger charge is -2.48. The predicted molar refractivity (Wildman–Crippen MR) is 72.8 cm³/mol. The van der Waals surface area contributed by atoms with Gasteiger partial charge in [0.15, 0.2) is 0 Å². The molecule has 3 heteroatoms. The van der Waals surface area contributed by atoms with E-state index in [9.17, 15) is 0 Å². The molecule has 94 valence electrons. The first kappa shape index (κ1) is 12.7. The Morgan fingerprint density at radius 1 is 1.31 bits per heavy atom. The molecule has 0 aliphatic carbocycles. The van der Waals surface area contributed by atoms with Crippen LogP contribution in [-0.2, 0) is 0 Å². The van der Waals surface area contributed by atoms with Gasteiger partial charge >= 0.3 is 0 Å². The molecule has 0 spiro atoms. The van der Waals surface area contributed by atoms with Crippen molar-refractivity contribution in [1.82, 2.24) is 4.90 Å². The first-order valence-corrected chi connectivity index (χ1v) is 7.72. The van der Waals surface area contributed by atoms with Gasteiger partial charge < -0.3 is 5.73 Å². The largest absolute Gasteiger partial charge is 0.329 e. The molecule has 2 rings (SSSR count). The maximum Gasteiger partial charge on any atom is 0.0455 e. The Morgan fingerprint density at radius 3 is 2.56 bits per heavy atom. The van der Waals surface area contributed by atoms with Gasteiger partial charge in [0, 0.05) is 23.9 Å². The molecule has 0 radical (unpaired) electrons. The Bertz CT molecular complexity index is 246. The van der Waals surface area contributed by atoms with Crippen LogP contribution < -0.4 is 5.73 Å². The minimum atomic E-state index is 0.305. The standard InChI is InChI=1S/C13H26N2S/c1-10-4-6-15(8-11(10)2)13(9-14)5-7-16-12(13)3/h10-12H,4-9,14H2,1-3H3. The van der Waals surface area contributed by atoms with Crippen molar-refractivity contribution >= 4 is 11.8 Å². The van der Waals surface area contributed by atoms with Gasteiger partial charge in [-0.15, -0.1) is 0 Å². The van der Waals surface area contributed by atoms with Crippen LogP contribution in [-0.4, -0.2) is 41.1 Å². The van der Waals surface area contributed by atoms with Crippen LogP contribution in [0, 0.1) is 11.8 Å². The lowest BCUT2D eigenvalue weighted by molar-refractivity contribution is 0.0335. The van der Waals surface area contributed by atoms with E-state index in [4.69, 9.17) is 5.73 Å². The van der Waals surface area contributed by atoms with Crippen LogP contribution in [0.25, 0.3) is 0 Å². The summed E-state index contributed by atoms with van der Waals surface area (Å²) in [6.45, 7) is 10.5. The Labute approximate surface area is 104 Å².